The number of hydrogen-bond acceptors (Lipinski definition) is 5. The molecule has 5 rings (SSSR count). The molecule has 0 bridgehead atoms. The molecule has 2 aliphatic rings. The van der Waals surface area contributed by atoms with Gasteiger partial charge in [-0.05, 0) is 80.4 Å². The molecule has 3 aromatic rings. The largest absolute Gasteiger partial charge is 0.396 e. The summed E-state index contributed by atoms with van der Waals surface area (Å²) in [6.07, 6.45) is 4.20. The molecular formula is C28H29ClF2N4O. The number of likely N-dealkylation sites (tertiary alicyclic amines) is 1. The van der Waals surface area contributed by atoms with E-state index >= 15 is 0 Å². The van der Waals surface area contributed by atoms with Gasteiger partial charge in [0, 0.05) is 54.1 Å². The summed E-state index contributed by atoms with van der Waals surface area (Å²) in [5.41, 5.74) is 3.98. The van der Waals surface area contributed by atoms with E-state index in [4.69, 9.17) is 16.4 Å². The minimum atomic E-state index is -0.933. The maximum absolute atomic E-state index is 13.8. The minimum Gasteiger partial charge on any atom is -0.396 e. The summed E-state index contributed by atoms with van der Waals surface area (Å²) in [5, 5.41) is 4.88. The second kappa shape index (κ2) is 10.5. The predicted molar refractivity (Wildman–Crippen MR) is 138 cm³/mol. The summed E-state index contributed by atoms with van der Waals surface area (Å²) in [5.74, 6) is -1.84. The molecule has 2 saturated heterocycles. The van der Waals surface area contributed by atoms with Crippen LogP contribution in [0.25, 0.3) is 0 Å². The standard InChI is InChI=1S/C28H29ClF2N4O/c1-2-36-33-27(21-4-9-24(30)25(31)15-21)26-10-3-20(16-32-26)17-34-13-11-28(18-34)12-14-35(19-28)23-7-5-22(29)6-8-23/h3-10,15-16H,2,11-14,17-19H2,1H3. The Hall–Kier alpha value is -3.03. The zero-order chi connectivity index (χ0) is 25.1. The van der Waals surface area contributed by atoms with Crippen molar-refractivity contribution < 1.29 is 13.6 Å². The molecule has 0 saturated carbocycles. The van der Waals surface area contributed by atoms with Gasteiger partial charge >= 0.3 is 0 Å². The molecule has 36 heavy (non-hydrogen) atoms. The third-order valence-electron chi connectivity index (χ3n) is 7.10. The van der Waals surface area contributed by atoms with Crippen LogP contribution in [0.1, 0.15) is 36.6 Å². The van der Waals surface area contributed by atoms with Gasteiger partial charge in [0.2, 0.25) is 0 Å². The van der Waals surface area contributed by atoms with Crippen molar-refractivity contribution >= 4 is 23.0 Å². The number of pyridine rings is 1. The number of nitrogens with zero attached hydrogens (tertiary/aromatic N) is 4. The van der Waals surface area contributed by atoms with Crippen molar-refractivity contribution in [1.82, 2.24) is 9.88 Å². The van der Waals surface area contributed by atoms with Crippen LogP contribution >= 0.6 is 11.6 Å². The van der Waals surface area contributed by atoms with Crippen molar-refractivity contribution in [2.75, 3.05) is 37.7 Å². The summed E-state index contributed by atoms with van der Waals surface area (Å²) >= 11 is 6.06. The van der Waals surface area contributed by atoms with E-state index in [0.29, 0.717) is 29.0 Å². The summed E-state index contributed by atoms with van der Waals surface area (Å²) in [6, 6.07) is 15.7. The van der Waals surface area contributed by atoms with Crippen molar-refractivity contribution in [3.05, 3.63) is 94.3 Å². The molecule has 2 aliphatic heterocycles. The van der Waals surface area contributed by atoms with Gasteiger partial charge in [-0.2, -0.15) is 0 Å². The van der Waals surface area contributed by atoms with Crippen LogP contribution in [-0.2, 0) is 11.4 Å². The maximum atomic E-state index is 13.8. The second-order valence-electron chi connectivity index (χ2n) is 9.65. The van der Waals surface area contributed by atoms with Gasteiger partial charge in [-0.15, -0.1) is 0 Å². The lowest BCUT2D eigenvalue weighted by Crippen LogP contribution is -2.30. The number of benzene rings is 2. The Bertz CT molecular complexity index is 1240. The summed E-state index contributed by atoms with van der Waals surface area (Å²) in [7, 11) is 0. The highest BCUT2D eigenvalue weighted by Gasteiger charge is 2.43. The molecule has 1 aromatic heterocycles. The molecule has 0 aliphatic carbocycles. The summed E-state index contributed by atoms with van der Waals surface area (Å²) in [6.45, 7) is 7.24. The van der Waals surface area contributed by atoms with Crippen molar-refractivity contribution in [2.45, 2.75) is 26.3 Å². The second-order valence-corrected chi connectivity index (χ2v) is 10.1. The van der Waals surface area contributed by atoms with Crippen LogP contribution < -0.4 is 4.90 Å². The normalized spacial score (nSPS) is 20.4. The lowest BCUT2D eigenvalue weighted by Gasteiger charge is -2.25. The molecule has 0 N–H and O–H groups in total. The monoisotopic (exact) mass is 510 g/mol. The molecule has 5 nitrogen and oxygen atoms in total. The van der Waals surface area contributed by atoms with Crippen LogP contribution in [0.15, 0.2) is 65.9 Å². The van der Waals surface area contributed by atoms with Crippen LogP contribution in [0, 0.1) is 17.0 Å². The average Bonchev–Trinajstić information content (AvgIpc) is 3.49. The molecule has 188 valence electrons. The Morgan fingerprint density at radius 2 is 1.83 bits per heavy atom. The molecule has 0 amide bonds. The Morgan fingerprint density at radius 1 is 1.03 bits per heavy atom. The fourth-order valence-corrected chi connectivity index (χ4v) is 5.37. The van der Waals surface area contributed by atoms with Crippen molar-refractivity contribution in [3.63, 3.8) is 0 Å². The number of halogens is 3. The quantitative estimate of drug-likeness (QED) is 0.293. The lowest BCUT2D eigenvalue weighted by molar-refractivity contribution is 0.159. The zero-order valence-corrected chi connectivity index (χ0v) is 21.0. The summed E-state index contributed by atoms with van der Waals surface area (Å²) in [4.78, 5) is 14.8. The van der Waals surface area contributed by atoms with Gasteiger partial charge < -0.3 is 9.74 Å². The number of rotatable bonds is 7. The van der Waals surface area contributed by atoms with Crippen molar-refractivity contribution in [3.8, 4) is 0 Å². The SMILES string of the molecule is CCON=C(c1ccc(F)c(F)c1)c1ccc(CN2CCC3(CCN(c4ccc(Cl)cc4)C3)C2)cn1. The van der Waals surface area contributed by atoms with Gasteiger partial charge in [0.25, 0.3) is 0 Å². The van der Waals surface area contributed by atoms with Gasteiger partial charge in [0.1, 0.15) is 12.3 Å². The van der Waals surface area contributed by atoms with Gasteiger partial charge in [-0.25, -0.2) is 8.78 Å². The molecule has 3 heterocycles. The fourth-order valence-electron chi connectivity index (χ4n) is 5.24. The maximum Gasteiger partial charge on any atom is 0.159 e. The third-order valence-corrected chi connectivity index (χ3v) is 7.35. The van der Waals surface area contributed by atoms with E-state index in [2.05, 4.69) is 32.1 Å². The van der Waals surface area contributed by atoms with Crippen LogP contribution in [-0.4, -0.2) is 48.4 Å². The van der Waals surface area contributed by atoms with E-state index in [1.165, 1.54) is 24.6 Å². The Balaban J connectivity index is 1.24. The summed E-state index contributed by atoms with van der Waals surface area (Å²) < 4.78 is 27.2. The Labute approximate surface area is 215 Å². The van der Waals surface area contributed by atoms with Gasteiger partial charge in [-0.1, -0.05) is 22.8 Å². The van der Waals surface area contributed by atoms with E-state index in [1.807, 2.05) is 37.4 Å². The van der Waals surface area contributed by atoms with Crippen LogP contribution in [0.4, 0.5) is 14.5 Å². The molecule has 2 fully saturated rings. The highest BCUT2D eigenvalue weighted by molar-refractivity contribution is 6.30. The van der Waals surface area contributed by atoms with E-state index in [0.717, 1.165) is 55.4 Å². The highest BCUT2D eigenvalue weighted by Crippen LogP contribution is 2.41. The molecule has 2 aromatic carbocycles. The lowest BCUT2D eigenvalue weighted by atomic mass is 9.86. The molecule has 1 spiro atoms. The first-order chi connectivity index (χ1) is 17.4. The highest BCUT2D eigenvalue weighted by atomic mass is 35.5. The number of oxime groups is 1. The third kappa shape index (κ3) is 5.37. The number of hydrogen-bond donors (Lipinski definition) is 0. The average molecular weight is 511 g/mol. The van der Waals surface area contributed by atoms with Crippen LogP contribution in [0.3, 0.4) is 0 Å². The molecule has 1 atom stereocenters. The topological polar surface area (TPSA) is 41.0 Å². The van der Waals surface area contributed by atoms with Gasteiger partial charge in [-0.3, -0.25) is 9.88 Å². The fraction of sp³-hybridized carbons (Fsp3) is 0.357. The van der Waals surface area contributed by atoms with Gasteiger partial charge in [0.05, 0.1) is 5.69 Å². The van der Waals surface area contributed by atoms with Crippen molar-refractivity contribution in [2.24, 2.45) is 10.6 Å². The first-order valence-electron chi connectivity index (χ1n) is 12.3. The molecule has 1 unspecified atom stereocenters. The van der Waals surface area contributed by atoms with Gasteiger partial charge in [0.15, 0.2) is 11.6 Å². The van der Waals surface area contributed by atoms with Crippen LogP contribution in [0.2, 0.25) is 5.02 Å². The van der Waals surface area contributed by atoms with E-state index < -0.39 is 11.6 Å². The molecule has 0 radical (unpaired) electrons. The zero-order valence-electron chi connectivity index (χ0n) is 20.3. The first kappa shape index (κ1) is 24.7. The predicted octanol–water partition coefficient (Wildman–Crippen LogP) is 5.90. The van der Waals surface area contributed by atoms with Crippen LogP contribution in [0.5, 0.6) is 0 Å². The molecular weight excluding hydrogens is 482 g/mol. The number of aromatic nitrogens is 1. The molecule has 8 heteroatoms. The smallest absolute Gasteiger partial charge is 0.159 e. The first-order valence-corrected chi connectivity index (χ1v) is 12.7. The minimum absolute atomic E-state index is 0.316. The number of anilines is 1. The van der Waals surface area contributed by atoms with E-state index in [9.17, 15) is 8.78 Å². The Morgan fingerprint density at radius 3 is 2.56 bits per heavy atom. The Kier molecular flexibility index (Phi) is 7.21. The van der Waals surface area contributed by atoms with Crippen molar-refractivity contribution in [1.29, 1.82) is 0 Å². The van der Waals surface area contributed by atoms with E-state index in [-0.39, 0.29) is 0 Å². The van der Waals surface area contributed by atoms with E-state index in [1.54, 1.807) is 0 Å².